The molecule has 224 valence electrons. The summed E-state index contributed by atoms with van der Waals surface area (Å²) in [5.74, 6) is -0.816. The molecule has 7 nitrogen and oxygen atoms in total. The van der Waals surface area contributed by atoms with E-state index in [0.29, 0.717) is 5.69 Å². The van der Waals surface area contributed by atoms with Crippen LogP contribution in [0.4, 0.5) is 5.69 Å². The molecular formula is C35H39N3O4S. The second-order valence-electron chi connectivity index (χ2n) is 10.9. The van der Waals surface area contributed by atoms with Crippen molar-refractivity contribution in [2.24, 2.45) is 0 Å². The van der Waals surface area contributed by atoms with Gasteiger partial charge in [0, 0.05) is 20.0 Å². The van der Waals surface area contributed by atoms with Gasteiger partial charge in [-0.3, -0.25) is 13.9 Å². The topological polar surface area (TPSA) is 86.8 Å². The first kappa shape index (κ1) is 31.5. The Morgan fingerprint density at radius 1 is 0.744 bits per heavy atom. The summed E-state index contributed by atoms with van der Waals surface area (Å²) in [7, 11) is -2.59. The van der Waals surface area contributed by atoms with E-state index in [0.717, 1.165) is 37.7 Å². The molecule has 0 spiro atoms. The van der Waals surface area contributed by atoms with Crippen molar-refractivity contribution in [1.29, 1.82) is 0 Å². The van der Waals surface area contributed by atoms with Crippen molar-refractivity contribution in [2.75, 3.05) is 17.9 Å². The first-order valence-electron chi connectivity index (χ1n) is 14.3. The Morgan fingerprint density at radius 2 is 1.42 bits per heavy atom. The standard InChI is InChI=1S/C35H39N3O4S/c1-25-14-18-32(19-15-25)43(41,42)38(31-17-16-27(3)28(4)21-31)24-34(39)37(23-30-13-9-10-26(2)20-30)33(35(40)36-5)22-29-11-7-6-8-12-29/h6-21,33H,22-24H2,1-5H3,(H,36,40). The molecule has 0 aromatic heterocycles. The molecule has 0 saturated heterocycles. The van der Waals surface area contributed by atoms with E-state index in [2.05, 4.69) is 5.32 Å². The van der Waals surface area contributed by atoms with Crippen molar-refractivity contribution < 1.29 is 18.0 Å². The van der Waals surface area contributed by atoms with Crippen LogP contribution in [-0.4, -0.2) is 44.8 Å². The van der Waals surface area contributed by atoms with Gasteiger partial charge in [0.2, 0.25) is 11.8 Å². The number of sulfonamides is 1. The van der Waals surface area contributed by atoms with Crippen LogP contribution in [0.25, 0.3) is 0 Å². The predicted octanol–water partition coefficient (Wildman–Crippen LogP) is 5.50. The van der Waals surface area contributed by atoms with Crippen LogP contribution in [0.5, 0.6) is 0 Å². The summed E-state index contributed by atoms with van der Waals surface area (Å²) in [6, 6.07) is 28.3. The number of carbonyl (C=O) groups is 2. The minimum absolute atomic E-state index is 0.0847. The van der Waals surface area contributed by atoms with E-state index < -0.39 is 28.5 Å². The summed E-state index contributed by atoms with van der Waals surface area (Å²) in [5, 5.41) is 2.71. The number of carbonyl (C=O) groups excluding carboxylic acids is 2. The van der Waals surface area contributed by atoms with Gasteiger partial charge in [0.05, 0.1) is 10.6 Å². The molecule has 0 saturated carbocycles. The van der Waals surface area contributed by atoms with Crippen molar-refractivity contribution in [2.45, 2.75) is 51.6 Å². The van der Waals surface area contributed by atoms with Gasteiger partial charge in [-0.25, -0.2) is 8.42 Å². The highest BCUT2D eigenvalue weighted by atomic mass is 32.2. The first-order chi connectivity index (χ1) is 20.5. The molecule has 43 heavy (non-hydrogen) atoms. The fourth-order valence-corrected chi connectivity index (χ4v) is 6.38. The number of anilines is 1. The van der Waals surface area contributed by atoms with Gasteiger partial charge in [0.15, 0.2) is 0 Å². The molecule has 0 radical (unpaired) electrons. The molecule has 4 rings (SSSR count). The van der Waals surface area contributed by atoms with E-state index in [1.807, 2.05) is 88.4 Å². The molecule has 0 heterocycles. The zero-order valence-electron chi connectivity index (χ0n) is 25.4. The summed E-state index contributed by atoms with van der Waals surface area (Å²) in [6.45, 7) is 7.36. The first-order valence-corrected chi connectivity index (χ1v) is 15.7. The zero-order valence-corrected chi connectivity index (χ0v) is 26.2. The molecule has 2 amide bonds. The second kappa shape index (κ2) is 13.7. The Balaban J connectivity index is 1.80. The van der Waals surface area contributed by atoms with Crippen LogP contribution >= 0.6 is 0 Å². The van der Waals surface area contributed by atoms with Crippen LogP contribution in [0.3, 0.4) is 0 Å². The Morgan fingerprint density at radius 3 is 2.05 bits per heavy atom. The number of benzene rings is 4. The van der Waals surface area contributed by atoms with Gasteiger partial charge < -0.3 is 10.2 Å². The van der Waals surface area contributed by atoms with E-state index in [1.54, 1.807) is 43.4 Å². The number of rotatable bonds is 11. The summed E-state index contributed by atoms with van der Waals surface area (Å²) in [5.41, 5.74) is 5.96. The molecule has 1 N–H and O–H groups in total. The Kier molecular flexibility index (Phi) is 10.0. The van der Waals surface area contributed by atoms with E-state index >= 15 is 0 Å². The number of aryl methyl sites for hydroxylation is 4. The zero-order chi connectivity index (χ0) is 31.1. The van der Waals surface area contributed by atoms with Crippen molar-refractivity contribution in [3.63, 3.8) is 0 Å². The molecule has 0 bridgehead atoms. The third kappa shape index (κ3) is 7.70. The van der Waals surface area contributed by atoms with Gasteiger partial charge in [0.1, 0.15) is 12.6 Å². The Labute approximate surface area is 255 Å². The van der Waals surface area contributed by atoms with Gasteiger partial charge in [-0.2, -0.15) is 0 Å². The third-order valence-corrected chi connectivity index (χ3v) is 9.41. The lowest BCUT2D eigenvalue weighted by atomic mass is 10.0. The molecule has 4 aromatic carbocycles. The van der Waals surface area contributed by atoms with Crippen LogP contribution in [0, 0.1) is 27.7 Å². The molecular weight excluding hydrogens is 558 g/mol. The lowest BCUT2D eigenvalue weighted by Gasteiger charge is -2.33. The molecule has 0 aliphatic rings. The summed E-state index contributed by atoms with van der Waals surface area (Å²) in [6.07, 6.45) is 0.270. The fraction of sp³-hybridized carbons (Fsp3) is 0.257. The highest BCUT2D eigenvalue weighted by Crippen LogP contribution is 2.27. The lowest BCUT2D eigenvalue weighted by Crippen LogP contribution is -2.53. The van der Waals surface area contributed by atoms with Crippen LogP contribution < -0.4 is 9.62 Å². The molecule has 4 aromatic rings. The molecule has 0 aliphatic carbocycles. The second-order valence-corrected chi connectivity index (χ2v) is 12.8. The molecule has 8 heteroatoms. The van der Waals surface area contributed by atoms with Crippen molar-refractivity contribution >= 4 is 27.5 Å². The van der Waals surface area contributed by atoms with Gasteiger partial charge in [-0.1, -0.05) is 83.9 Å². The van der Waals surface area contributed by atoms with Crippen molar-refractivity contribution in [1.82, 2.24) is 10.2 Å². The number of hydrogen-bond acceptors (Lipinski definition) is 4. The van der Waals surface area contributed by atoms with Crippen molar-refractivity contribution in [3.05, 3.63) is 130 Å². The van der Waals surface area contributed by atoms with Crippen LogP contribution in [0.15, 0.2) is 102 Å². The number of amides is 2. The minimum Gasteiger partial charge on any atom is -0.357 e. The van der Waals surface area contributed by atoms with E-state index in [-0.39, 0.29) is 23.8 Å². The maximum Gasteiger partial charge on any atom is 0.264 e. The molecule has 1 atom stereocenters. The average Bonchev–Trinajstić information content (AvgIpc) is 2.99. The maximum atomic E-state index is 14.4. The number of hydrogen-bond donors (Lipinski definition) is 1. The Hall–Kier alpha value is -4.43. The SMILES string of the molecule is CNC(=O)C(Cc1ccccc1)N(Cc1cccc(C)c1)C(=O)CN(c1ccc(C)c(C)c1)S(=O)(=O)c1ccc(C)cc1. The highest BCUT2D eigenvalue weighted by molar-refractivity contribution is 7.92. The van der Waals surface area contributed by atoms with Crippen molar-refractivity contribution in [3.8, 4) is 0 Å². The average molecular weight is 598 g/mol. The fourth-order valence-electron chi connectivity index (χ4n) is 4.97. The third-order valence-electron chi connectivity index (χ3n) is 7.62. The molecule has 0 fully saturated rings. The number of nitrogens with one attached hydrogen (secondary N) is 1. The van der Waals surface area contributed by atoms with Crippen LogP contribution in [-0.2, 0) is 32.6 Å². The van der Waals surface area contributed by atoms with Gasteiger partial charge in [-0.15, -0.1) is 0 Å². The van der Waals surface area contributed by atoms with Gasteiger partial charge >= 0.3 is 0 Å². The minimum atomic E-state index is -4.13. The smallest absolute Gasteiger partial charge is 0.264 e. The summed E-state index contributed by atoms with van der Waals surface area (Å²) < 4.78 is 29.4. The quantitative estimate of drug-likeness (QED) is 0.247. The largest absolute Gasteiger partial charge is 0.357 e. The Bertz CT molecular complexity index is 1690. The van der Waals surface area contributed by atoms with Gasteiger partial charge in [-0.05, 0) is 74.2 Å². The van der Waals surface area contributed by atoms with Crippen LogP contribution in [0.1, 0.15) is 33.4 Å². The van der Waals surface area contributed by atoms with E-state index in [4.69, 9.17) is 0 Å². The van der Waals surface area contributed by atoms with Crippen LogP contribution in [0.2, 0.25) is 0 Å². The maximum absolute atomic E-state index is 14.4. The normalized spacial score (nSPS) is 11.9. The van der Waals surface area contributed by atoms with E-state index in [1.165, 1.54) is 4.90 Å². The molecule has 1 unspecified atom stereocenters. The van der Waals surface area contributed by atoms with Gasteiger partial charge in [0.25, 0.3) is 10.0 Å². The summed E-state index contributed by atoms with van der Waals surface area (Å²) in [4.78, 5) is 29.3. The summed E-state index contributed by atoms with van der Waals surface area (Å²) >= 11 is 0. The number of nitrogens with zero attached hydrogens (tertiary/aromatic N) is 2. The lowest BCUT2D eigenvalue weighted by molar-refractivity contribution is -0.139. The van der Waals surface area contributed by atoms with E-state index in [9.17, 15) is 18.0 Å². The monoisotopic (exact) mass is 597 g/mol. The molecule has 0 aliphatic heterocycles. The predicted molar refractivity (Wildman–Crippen MR) is 171 cm³/mol. The highest BCUT2D eigenvalue weighted by Gasteiger charge is 2.34. The number of likely N-dealkylation sites (N-methyl/N-ethyl adjacent to an activating group) is 1.